The summed E-state index contributed by atoms with van der Waals surface area (Å²) in [6.45, 7) is 3.93. The second-order valence-electron chi connectivity index (χ2n) is 8.73. The molecule has 0 spiro atoms. The minimum Gasteiger partial charge on any atom is -0.325 e. The van der Waals surface area contributed by atoms with E-state index < -0.39 is 17.9 Å². The number of benzene rings is 2. The highest BCUT2D eigenvalue weighted by molar-refractivity contribution is 6.00. The quantitative estimate of drug-likeness (QED) is 0.492. The van der Waals surface area contributed by atoms with E-state index >= 15 is 0 Å². The Morgan fingerprint density at radius 2 is 1.77 bits per heavy atom. The van der Waals surface area contributed by atoms with Gasteiger partial charge in [-0.2, -0.15) is 13.2 Å². The van der Waals surface area contributed by atoms with Crippen LogP contribution in [0.15, 0.2) is 72.9 Å². The molecule has 1 aromatic heterocycles. The van der Waals surface area contributed by atoms with Gasteiger partial charge in [-0.3, -0.25) is 9.69 Å². The Balaban J connectivity index is 1.48. The number of alkyl halides is 3. The van der Waals surface area contributed by atoms with Gasteiger partial charge in [0.05, 0.1) is 17.9 Å². The number of carbonyl (C=O) groups excluding carboxylic acids is 2. The third-order valence-corrected chi connectivity index (χ3v) is 5.93. The molecule has 3 amide bonds. The van der Waals surface area contributed by atoms with Crippen LogP contribution in [-0.4, -0.2) is 41.0 Å². The Kier molecular flexibility index (Phi) is 6.77. The van der Waals surface area contributed by atoms with E-state index in [4.69, 9.17) is 0 Å². The molecule has 2 aromatic carbocycles. The Bertz CT molecular complexity index is 1200. The molecule has 0 aliphatic carbocycles. The summed E-state index contributed by atoms with van der Waals surface area (Å²) in [5.74, 6) is -0.331. The van der Waals surface area contributed by atoms with Crippen molar-refractivity contribution in [3.8, 4) is 11.1 Å². The number of hydrogen-bond donors (Lipinski definition) is 1. The van der Waals surface area contributed by atoms with Gasteiger partial charge in [-0.25, -0.2) is 9.78 Å². The van der Waals surface area contributed by atoms with Crippen LogP contribution in [0.4, 0.5) is 29.3 Å². The lowest BCUT2D eigenvalue weighted by molar-refractivity contribution is -0.141. The van der Waals surface area contributed by atoms with Crippen LogP contribution >= 0.6 is 0 Å². The molecule has 1 saturated heterocycles. The molecule has 1 aliphatic heterocycles. The normalized spacial score (nSPS) is 16.2. The zero-order valence-corrected chi connectivity index (χ0v) is 19.3. The fourth-order valence-corrected chi connectivity index (χ4v) is 4.11. The summed E-state index contributed by atoms with van der Waals surface area (Å²) >= 11 is 0. The minimum absolute atomic E-state index is 0.0283. The Morgan fingerprint density at radius 3 is 2.40 bits per heavy atom. The average molecular weight is 483 g/mol. The molecule has 0 saturated carbocycles. The molecule has 0 bridgehead atoms. The highest BCUT2D eigenvalue weighted by Gasteiger charge is 2.41. The molecule has 182 valence electrons. The maximum absolute atomic E-state index is 13.2. The van der Waals surface area contributed by atoms with E-state index in [1.165, 1.54) is 15.9 Å². The van der Waals surface area contributed by atoms with Crippen molar-refractivity contribution in [1.82, 2.24) is 9.88 Å². The number of amides is 3. The van der Waals surface area contributed by atoms with Gasteiger partial charge in [0.25, 0.3) is 0 Å². The number of anilines is 2. The van der Waals surface area contributed by atoms with Gasteiger partial charge in [0, 0.05) is 12.2 Å². The van der Waals surface area contributed by atoms with Gasteiger partial charge in [-0.15, -0.1) is 0 Å². The lowest BCUT2D eigenvalue weighted by Crippen LogP contribution is -2.42. The summed E-state index contributed by atoms with van der Waals surface area (Å²) in [7, 11) is 0. The number of nitrogens with one attached hydrogen (secondary N) is 1. The van der Waals surface area contributed by atoms with E-state index in [9.17, 15) is 22.8 Å². The first-order chi connectivity index (χ1) is 16.6. The maximum atomic E-state index is 13.2. The molecule has 9 heteroatoms. The molecule has 0 unspecified atom stereocenters. The van der Waals surface area contributed by atoms with Gasteiger partial charge < -0.3 is 10.2 Å². The second-order valence-corrected chi connectivity index (χ2v) is 8.73. The Labute approximate surface area is 201 Å². The monoisotopic (exact) mass is 482 g/mol. The van der Waals surface area contributed by atoms with Crippen LogP contribution in [0.1, 0.15) is 19.5 Å². The van der Waals surface area contributed by atoms with Crippen LogP contribution in [0, 0.1) is 5.92 Å². The van der Waals surface area contributed by atoms with E-state index in [0.717, 1.165) is 23.4 Å². The summed E-state index contributed by atoms with van der Waals surface area (Å²) in [6, 6.07) is 18.5. The van der Waals surface area contributed by atoms with Gasteiger partial charge in [-0.1, -0.05) is 56.3 Å². The number of halogens is 3. The fraction of sp³-hybridized carbons (Fsp3) is 0.269. The van der Waals surface area contributed by atoms with Crippen molar-refractivity contribution in [2.75, 3.05) is 23.3 Å². The molecule has 1 N–H and O–H groups in total. The molecule has 3 aromatic rings. The molecule has 4 rings (SSSR count). The van der Waals surface area contributed by atoms with Crippen molar-refractivity contribution in [2.45, 2.75) is 26.1 Å². The SMILES string of the molecule is CC(C)[C@H]1CN(c2ccc(C(F)(F)F)nc2)C(=O)N1CC(=O)Nc1cccc(-c2ccccc2)c1. The van der Waals surface area contributed by atoms with Crippen molar-refractivity contribution >= 4 is 23.3 Å². The molecule has 0 radical (unpaired) electrons. The fourth-order valence-electron chi connectivity index (χ4n) is 4.11. The summed E-state index contributed by atoms with van der Waals surface area (Å²) in [6.07, 6.45) is -3.52. The molecule has 1 fully saturated rings. The van der Waals surface area contributed by atoms with E-state index in [-0.39, 0.29) is 36.6 Å². The standard InChI is InChI=1S/C26H25F3N4O2/c1-17(2)22-15-32(21-11-12-23(30-14-21)26(27,28)29)25(35)33(22)16-24(34)31-20-10-6-9-19(13-20)18-7-4-3-5-8-18/h3-14,17,22H,15-16H2,1-2H3,(H,31,34)/t22-/m1/s1. The second kappa shape index (κ2) is 9.77. The first-order valence-corrected chi connectivity index (χ1v) is 11.2. The van der Waals surface area contributed by atoms with Crippen molar-refractivity contribution in [3.05, 3.63) is 78.6 Å². The van der Waals surface area contributed by atoms with Crippen LogP contribution in [0.25, 0.3) is 11.1 Å². The smallest absolute Gasteiger partial charge is 0.325 e. The molecule has 35 heavy (non-hydrogen) atoms. The number of nitrogens with zero attached hydrogens (tertiary/aromatic N) is 3. The van der Waals surface area contributed by atoms with Gasteiger partial charge in [0.15, 0.2) is 0 Å². The lowest BCUT2D eigenvalue weighted by Gasteiger charge is -2.25. The predicted octanol–water partition coefficient (Wildman–Crippen LogP) is 5.67. The van der Waals surface area contributed by atoms with E-state index in [0.29, 0.717) is 5.69 Å². The van der Waals surface area contributed by atoms with Crippen LogP contribution in [0.2, 0.25) is 0 Å². The van der Waals surface area contributed by atoms with Crippen molar-refractivity contribution in [1.29, 1.82) is 0 Å². The third-order valence-electron chi connectivity index (χ3n) is 5.93. The number of pyridine rings is 1. The molecule has 2 heterocycles. The topological polar surface area (TPSA) is 65.5 Å². The summed E-state index contributed by atoms with van der Waals surface area (Å²) in [5, 5.41) is 2.85. The summed E-state index contributed by atoms with van der Waals surface area (Å²) in [4.78, 5) is 32.3. The maximum Gasteiger partial charge on any atom is 0.433 e. The highest BCUT2D eigenvalue weighted by Crippen LogP contribution is 2.31. The van der Waals surface area contributed by atoms with Gasteiger partial charge in [0.1, 0.15) is 12.2 Å². The minimum atomic E-state index is -4.56. The van der Waals surface area contributed by atoms with Crippen LogP contribution in [-0.2, 0) is 11.0 Å². The van der Waals surface area contributed by atoms with Crippen LogP contribution < -0.4 is 10.2 Å². The van der Waals surface area contributed by atoms with Gasteiger partial charge in [-0.05, 0) is 41.3 Å². The van der Waals surface area contributed by atoms with E-state index in [2.05, 4.69) is 10.3 Å². The van der Waals surface area contributed by atoms with Crippen molar-refractivity contribution in [2.24, 2.45) is 5.92 Å². The van der Waals surface area contributed by atoms with Gasteiger partial charge in [0.2, 0.25) is 5.91 Å². The number of aromatic nitrogens is 1. The zero-order valence-electron chi connectivity index (χ0n) is 19.3. The highest BCUT2D eigenvalue weighted by atomic mass is 19.4. The van der Waals surface area contributed by atoms with E-state index in [1.807, 2.05) is 62.4 Å². The largest absolute Gasteiger partial charge is 0.433 e. The number of carbonyl (C=O) groups is 2. The Morgan fingerprint density at radius 1 is 1.06 bits per heavy atom. The molecule has 1 aliphatic rings. The molecular formula is C26H25F3N4O2. The average Bonchev–Trinajstić information content (AvgIpc) is 3.15. The number of urea groups is 1. The lowest BCUT2D eigenvalue weighted by atomic mass is 10.0. The van der Waals surface area contributed by atoms with Crippen LogP contribution in [0.5, 0.6) is 0 Å². The number of hydrogen-bond acceptors (Lipinski definition) is 3. The molecular weight excluding hydrogens is 457 g/mol. The first kappa shape index (κ1) is 24.3. The van der Waals surface area contributed by atoms with Crippen molar-refractivity contribution < 1.29 is 22.8 Å². The summed E-state index contributed by atoms with van der Waals surface area (Å²) < 4.78 is 38.6. The van der Waals surface area contributed by atoms with Crippen molar-refractivity contribution in [3.63, 3.8) is 0 Å². The number of rotatable bonds is 6. The van der Waals surface area contributed by atoms with E-state index in [1.54, 1.807) is 6.07 Å². The predicted molar refractivity (Wildman–Crippen MR) is 128 cm³/mol. The first-order valence-electron chi connectivity index (χ1n) is 11.2. The molecule has 6 nitrogen and oxygen atoms in total. The Hall–Kier alpha value is -3.88. The molecule has 1 atom stereocenters. The van der Waals surface area contributed by atoms with Gasteiger partial charge >= 0.3 is 12.2 Å². The van der Waals surface area contributed by atoms with Crippen LogP contribution in [0.3, 0.4) is 0 Å². The third kappa shape index (κ3) is 5.45. The summed E-state index contributed by atoms with van der Waals surface area (Å²) in [5.41, 5.74) is 1.79. The zero-order chi connectivity index (χ0) is 25.2.